The Kier molecular flexibility index (Phi) is 8.16. The van der Waals surface area contributed by atoms with Gasteiger partial charge in [-0.05, 0) is 31.9 Å². The summed E-state index contributed by atoms with van der Waals surface area (Å²) >= 11 is 0. The lowest BCUT2D eigenvalue weighted by atomic mass is 10.0. The fourth-order valence-electron chi connectivity index (χ4n) is 1.51. The monoisotopic (exact) mass is 329 g/mol. The second-order valence-corrected chi connectivity index (χ2v) is 6.87. The molecule has 5 nitrogen and oxygen atoms in total. The van der Waals surface area contributed by atoms with Crippen molar-refractivity contribution in [2.24, 2.45) is 5.92 Å². The van der Waals surface area contributed by atoms with E-state index in [-0.39, 0.29) is 29.2 Å². The van der Waals surface area contributed by atoms with Crippen LogP contribution in [0.1, 0.15) is 50.5 Å². The van der Waals surface area contributed by atoms with E-state index in [2.05, 4.69) is 5.32 Å². The van der Waals surface area contributed by atoms with Crippen molar-refractivity contribution < 1.29 is 17.4 Å². The van der Waals surface area contributed by atoms with Crippen LogP contribution in [0.15, 0.2) is 18.2 Å². The highest BCUT2D eigenvalue weighted by Crippen LogP contribution is 2.22. The van der Waals surface area contributed by atoms with Crippen molar-refractivity contribution in [3.8, 4) is 5.75 Å². The van der Waals surface area contributed by atoms with E-state index in [0.29, 0.717) is 0 Å². The average Bonchev–Trinajstić information content (AvgIpc) is 2.41. The maximum atomic E-state index is 12.2. The van der Waals surface area contributed by atoms with Gasteiger partial charge in [-0.1, -0.05) is 39.3 Å². The van der Waals surface area contributed by atoms with Crippen LogP contribution >= 0.6 is 0 Å². The highest BCUT2D eigenvalue weighted by Gasteiger charge is 2.19. The second kappa shape index (κ2) is 8.78. The van der Waals surface area contributed by atoms with E-state index in [1.807, 2.05) is 41.5 Å². The van der Waals surface area contributed by atoms with Crippen LogP contribution in [-0.2, 0) is 10.1 Å². The Morgan fingerprint density at radius 1 is 1.18 bits per heavy atom. The molecule has 0 fully saturated rings. The molecule has 0 unspecified atom stereocenters. The predicted octanol–water partition coefficient (Wildman–Crippen LogP) is 3.13. The molecular formula is C16H27NO4S. The Morgan fingerprint density at radius 3 is 2.18 bits per heavy atom. The summed E-state index contributed by atoms with van der Waals surface area (Å²) in [4.78, 5) is 12.2. The van der Waals surface area contributed by atoms with E-state index in [4.69, 9.17) is 4.18 Å². The van der Waals surface area contributed by atoms with Crippen molar-refractivity contribution in [2.75, 3.05) is 6.26 Å². The molecule has 0 aliphatic heterocycles. The number of aryl methyl sites for hydroxylation is 1. The van der Waals surface area contributed by atoms with E-state index in [1.165, 1.54) is 6.07 Å². The SMILES string of the molecule is CC.Cc1ccc(OS(C)(=O)=O)c(C(=O)N[C@H](C)C(C)C)c1. The molecule has 0 saturated carbocycles. The molecule has 1 N–H and O–H groups in total. The highest BCUT2D eigenvalue weighted by atomic mass is 32.2. The normalized spacial score (nSPS) is 12.2. The van der Waals surface area contributed by atoms with E-state index in [1.54, 1.807) is 12.1 Å². The summed E-state index contributed by atoms with van der Waals surface area (Å²) in [6.45, 7) is 11.7. The van der Waals surface area contributed by atoms with Crippen LogP contribution in [0.4, 0.5) is 0 Å². The highest BCUT2D eigenvalue weighted by molar-refractivity contribution is 7.86. The van der Waals surface area contributed by atoms with Crippen molar-refractivity contribution in [2.45, 2.75) is 47.6 Å². The van der Waals surface area contributed by atoms with Crippen molar-refractivity contribution in [3.63, 3.8) is 0 Å². The van der Waals surface area contributed by atoms with Crippen LogP contribution in [0.25, 0.3) is 0 Å². The second-order valence-electron chi connectivity index (χ2n) is 5.29. The quantitative estimate of drug-likeness (QED) is 0.842. The number of rotatable bonds is 5. The Morgan fingerprint density at radius 2 is 1.73 bits per heavy atom. The van der Waals surface area contributed by atoms with E-state index in [0.717, 1.165) is 11.8 Å². The summed E-state index contributed by atoms with van der Waals surface area (Å²) < 4.78 is 27.3. The number of amides is 1. The van der Waals surface area contributed by atoms with Gasteiger partial charge in [0.15, 0.2) is 5.75 Å². The summed E-state index contributed by atoms with van der Waals surface area (Å²) in [5.74, 6) is -0.0110. The Bertz CT molecular complexity index is 594. The van der Waals surface area contributed by atoms with Crippen LogP contribution in [0.3, 0.4) is 0 Å². The molecule has 126 valence electrons. The first kappa shape index (κ1) is 20.4. The molecular weight excluding hydrogens is 302 g/mol. The number of hydrogen-bond acceptors (Lipinski definition) is 4. The van der Waals surface area contributed by atoms with Gasteiger partial charge in [-0.25, -0.2) is 0 Å². The number of carbonyl (C=O) groups excluding carboxylic acids is 1. The Hall–Kier alpha value is -1.56. The van der Waals surface area contributed by atoms with Gasteiger partial charge in [0.05, 0.1) is 11.8 Å². The minimum Gasteiger partial charge on any atom is -0.382 e. The molecule has 1 rings (SSSR count). The van der Waals surface area contributed by atoms with Gasteiger partial charge in [0.25, 0.3) is 5.91 Å². The zero-order valence-electron chi connectivity index (χ0n) is 14.4. The summed E-state index contributed by atoms with van der Waals surface area (Å²) in [5.41, 5.74) is 1.08. The van der Waals surface area contributed by atoms with Crippen LogP contribution in [0, 0.1) is 12.8 Å². The molecule has 0 heterocycles. The number of hydrogen-bond donors (Lipinski definition) is 1. The van der Waals surface area contributed by atoms with Crippen LogP contribution in [0.2, 0.25) is 0 Å². The topological polar surface area (TPSA) is 72.5 Å². The van der Waals surface area contributed by atoms with Gasteiger partial charge >= 0.3 is 10.1 Å². The average molecular weight is 329 g/mol. The fourth-order valence-corrected chi connectivity index (χ4v) is 1.98. The molecule has 0 radical (unpaired) electrons. The van der Waals surface area contributed by atoms with Gasteiger partial charge < -0.3 is 9.50 Å². The third-order valence-corrected chi connectivity index (χ3v) is 3.46. The molecule has 0 aliphatic carbocycles. The van der Waals surface area contributed by atoms with Crippen molar-refractivity contribution >= 4 is 16.0 Å². The van der Waals surface area contributed by atoms with E-state index >= 15 is 0 Å². The lowest BCUT2D eigenvalue weighted by Crippen LogP contribution is -2.36. The van der Waals surface area contributed by atoms with Gasteiger partial charge in [-0.15, -0.1) is 0 Å². The van der Waals surface area contributed by atoms with Gasteiger partial charge in [0.1, 0.15) is 0 Å². The minimum atomic E-state index is -3.67. The molecule has 0 aromatic heterocycles. The van der Waals surface area contributed by atoms with Gasteiger partial charge in [-0.2, -0.15) is 8.42 Å². The molecule has 1 atom stereocenters. The predicted molar refractivity (Wildman–Crippen MR) is 89.8 cm³/mol. The molecule has 0 saturated heterocycles. The minimum absolute atomic E-state index is 0.0194. The van der Waals surface area contributed by atoms with Gasteiger partial charge in [0.2, 0.25) is 0 Å². The molecule has 0 spiro atoms. The third kappa shape index (κ3) is 6.93. The maximum Gasteiger partial charge on any atom is 0.306 e. The zero-order chi connectivity index (χ0) is 17.5. The molecule has 1 aromatic rings. The first-order valence-corrected chi connectivity index (χ1v) is 9.23. The molecule has 0 aliphatic rings. The Labute approximate surface area is 134 Å². The summed E-state index contributed by atoms with van der Waals surface area (Å²) in [7, 11) is -3.67. The van der Waals surface area contributed by atoms with E-state index in [9.17, 15) is 13.2 Å². The molecule has 1 amide bonds. The molecule has 6 heteroatoms. The standard InChI is InChI=1S/C14H21NO4S.C2H6/c1-9(2)11(4)15-14(16)12-8-10(3)6-7-13(12)19-20(5,17)18;1-2/h6-9,11H,1-5H3,(H,15,16);1-2H3/t11-;/m1./s1. The first-order chi connectivity index (χ1) is 10.1. The van der Waals surface area contributed by atoms with Crippen molar-refractivity contribution in [1.82, 2.24) is 5.32 Å². The van der Waals surface area contributed by atoms with Gasteiger partial charge in [-0.3, -0.25) is 4.79 Å². The molecule has 1 aromatic carbocycles. The van der Waals surface area contributed by atoms with E-state index < -0.39 is 10.1 Å². The summed E-state index contributed by atoms with van der Waals surface area (Å²) in [5, 5.41) is 2.84. The lowest BCUT2D eigenvalue weighted by Gasteiger charge is -2.18. The number of carbonyl (C=O) groups is 1. The maximum absolute atomic E-state index is 12.2. The number of nitrogens with one attached hydrogen (secondary N) is 1. The van der Waals surface area contributed by atoms with Gasteiger partial charge in [0, 0.05) is 6.04 Å². The fraction of sp³-hybridized carbons (Fsp3) is 0.562. The van der Waals surface area contributed by atoms with Crippen LogP contribution in [0.5, 0.6) is 5.75 Å². The largest absolute Gasteiger partial charge is 0.382 e. The van der Waals surface area contributed by atoms with Crippen molar-refractivity contribution in [1.29, 1.82) is 0 Å². The Balaban J connectivity index is 0.00000211. The third-order valence-electron chi connectivity index (χ3n) is 2.98. The van der Waals surface area contributed by atoms with Crippen LogP contribution < -0.4 is 9.50 Å². The molecule has 0 bridgehead atoms. The zero-order valence-corrected chi connectivity index (χ0v) is 15.2. The summed E-state index contributed by atoms with van der Waals surface area (Å²) in [6.07, 6.45) is 0.950. The summed E-state index contributed by atoms with van der Waals surface area (Å²) in [6, 6.07) is 4.78. The number of benzene rings is 1. The first-order valence-electron chi connectivity index (χ1n) is 7.41. The smallest absolute Gasteiger partial charge is 0.306 e. The lowest BCUT2D eigenvalue weighted by molar-refractivity contribution is 0.0929. The van der Waals surface area contributed by atoms with Crippen LogP contribution in [-0.4, -0.2) is 26.6 Å². The van der Waals surface area contributed by atoms with Crippen molar-refractivity contribution in [3.05, 3.63) is 29.3 Å². The molecule has 22 heavy (non-hydrogen) atoms.